The lowest BCUT2D eigenvalue weighted by Crippen LogP contribution is -2.18. The second-order valence-electron chi connectivity index (χ2n) is 8.60. The van der Waals surface area contributed by atoms with Crippen LogP contribution in [-0.2, 0) is 30.4 Å². The smallest absolute Gasteiger partial charge is 0.155 e. The summed E-state index contributed by atoms with van der Waals surface area (Å²) < 4.78 is 18.2. The summed E-state index contributed by atoms with van der Waals surface area (Å²) in [5, 5.41) is 0. The van der Waals surface area contributed by atoms with Crippen molar-refractivity contribution in [2.45, 2.75) is 41.4 Å². The molecule has 0 aromatic heterocycles. The highest BCUT2D eigenvalue weighted by atomic mass is 32.2. The molecule has 2 unspecified atom stereocenters. The average Bonchev–Trinajstić information content (AvgIpc) is 2.83. The maximum Gasteiger partial charge on any atom is 0.155 e. The summed E-state index contributed by atoms with van der Waals surface area (Å²) in [5.74, 6) is 3.39. The molecule has 3 aromatic rings. The Morgan fingerprint density at radius 2 is 1.90 bits per heavy atom. The molecule has 4 heteroatoms. The number of fused-ring (bicyclic) bond motifs is 3. The van der Waals surface area contributed by atoms with Crippen molar-refractivity contribution in [2.24, 2.45) is 0 Å². The monoisotopic (exact) mass is 444 g/mol. The number of para-hydroxylation sites is 1. The molecule has 2 nitrogen and oxygen atoms in total. The molecule has 0 fully saturated rings. The molecule has 0 saturated carbocycles. The second-order valence-corrected chi connectivity index (χ2v) is 11.2. The molecule has 0 amide bonds. The van der Waals surface area contributed by atoms with Gasteiger partial charge in [0.05, 0.1) is 6.26 Å². The Morgan fingerprint density at radius 3 is 2.87 bits per heavy atom. The van der Waals surface area contributed by atoms with E-state index >= 15 is 0 Å². The van der Waals surface area contributed by atoms with Crippen LogP contribution in [0.15, 0.2) is 76.7 Å². The molecule has 2 atom stereocenters. The highest BCUT2D eigenvalue weighted by Gasteiger charge is 2.26. The molecule has 0 saturated heterocycles. The molecule has 0 radical (unpaired) electrons. The zero-order valence-corrected chi connectivity index (χ0v) is 18.9. The van der Waals surface area contributed by atoms with E-state index in [1.165, 1.54) is 38.3 Å². The largest absolute Gasteiger partial charge is 0.611 e. The van der Waals surface area contributed by atoms with E-state index in [0.29, 0.717) is 5.92 Å². The fraction of sp³-hybridized carbons (Fsp3) is 0.259. The summed E-state index contributed by atoms with van der Waals surface area (Å²) in [7, 11) is 0. The first kappa shape index (κ1) is 19.5. The molecule has 3 aliphatic heterocycles. The summed E-state index contributed by atoms with van der Waals surface area (Å²) in [5.41, 5.74) is 7.88. The molecule has 31 heavy (non-hydrogen) atoms. The minimum atomic E-state index is -0.810. The van der Waals surface area contributed by atoms with Crippen LogP contribution in [0.5, 0.6) is 5.75 Å². The summed E-state index contributed by atoms with van der Waals surface area (Å²) in [4.78, 5) is 2.46. The second kappa shape index (κ2) is 8.09. The zero-order chi connectivity index (χ0) is 20.8. The highest BCUT2D eigenvalue weighted by Crippen LogP contribution is 2.41. The van der Waals surface area contributed by atoms with Crippen LogP contribution in [0, 0.1) is 0 Å². The first-order valence-corrected chi connectivity index (χ1v) is 13.3. The Bertz CT molecular complexity index is 1180. The third-order valence-electron chi connectivity index (χ3n) is 6.60. The van der Waals surface area contributed by atoms with Crippen LogP contribution in [-0.4, -0.2) is 16.1 Å². The number of aryl methyl sites for hydroxylation is 1. The first-order chi connectivity index (χ1) is 15.2. The number of benzene rings is 3. The molecule has 0 spiro atoms. The van der Waals surface area contributed by atoms with E-state index in [1.807, 2.05) is 30.2 Å². The van der Waals surface area contributed by atoms with Crippen LogP contribution >= 0.6 is 11.8 Å². The fourth-order valence-corrected chi connectivity index (χ4v) is 7.38. The molecule has 156 valence electrons. The molecule has 3 aliphatic rings. The van der Waals surface area contributed by atoms with Crippen LogP contribution in [0.1, 0.15) is 40.2 Å². The quantitative estimate of drug-likeness (QED) is 0.445. The van der Waals surface area contributed by atoms with E-state index in [2.05, 4.69) is 48.5 Å². The van der Waals surface area contributed by atoms with Gasteiger partial charge in [0, 0.05) is 22.6 Å². The third kappa shape index (κ3) is 3.71. The maximum atomic E-state index is 12.3. The number of thioether (sulfide) groups is 1. The molecule has 3 aromatic carbocycles. The van der Waals surface area contributed by atoms with E-state index < -0.39 is 11.2 Å². The van der Waals surface area contributed by atoms with Gasteiger partial charge in [-0.15, -0.1) is 11.8 Å². The molecule has 6 rings (SSSR count). The molecular formula is C27H24O2S2. The van der Waals surface area contributed by atoms with Gasteiger partial charge >= 0.3 is 0 Å². The lowest BCUT2D eigenvalue weighted by molar-refractivity contribution is 0.469. The van der Waals surface area contributed by atoms with Gasteiger partial charge < -0.3 is 9.29 Å². The zero-order valence-electron chi connectivity index (χ0n) is 17.3. The van der Waals surface area contributed by atoms with E-state index in [4.69, 9.17) is 4.74 Å². The Labute approximate surface area is 190 Å². The lowest BCUT2D eigenvalue weighted by Gasteiger charge is -2.27. The van der Waals surface area contributed by atoms with Crippen LogP contribution in [0.3, 0.4) is 0 Å². The van der Waals surface area contributed by atoms with E-state index in [9.17, 15) is 4.55 Å². The number of allylic oxidation sites excluding steroid dienone is 1. The third-order valence-corrected chi connectivity index (χ3v) is 9.42. The van der Waals surface area contributed by atoms with Crippen molar-refractivity contribution >= 4 is 28.5 Å². The number of hydrogen-bond acceptors (Lipinski definition) is 3. The van der Waals surface area contributed by atoms with Gasteiger partial charge in [-0.3, -0.25) is 0 Å². The van der Waals surface area contributed by atoms with Crippen LogP contribution in [0.25, 0.3) is 5.57 Å². The van der Waals surface area contributed by atoms with E-state index in [-0.39, 0.29) is 0 Å². The topological polar surface area (TPSA) is 32.3 Å². The van der Waals surface area contributed by atoms with Gasteiger partial charge in [-0.1, -0.05) is 42.5 Å². The van der Waals surface area contributed by atoms with Crippen molar-refractivity contribution in [3.63, 3.8) is 0 Å². The number of rotatable bonds is 2. The van der Waals surface area contributed by atoms with Crippen LogP contribution < -0.4 is 4.74 Å². The molecule has 0 N–H and O–H groups in total. The van der Waals surface area contributed by atoms with Crippen molar-refractivity contribution in [2.75, 3.05) is 11.5 Å². The Morgan fingerprint density at radius 1 is 0.968 bits per heavy atom. The van der Waals surface area contributed by atoms with E-state index in [1.54, 1.807) is 0 Å². The summed E-state index contributed by atoms with van der Waals surface area (Å²) >= 11 is 1.15. The number of ether oxygens (including phenoxy) is 1. The van der Waals surface area contributed by atoms with Gasteiger partial charge in [0.2, 0.25) is 0 Å². The first-order valence-electron chi connectivity index (χ1n) is 11.0. The summed E-state index contributed by atoms with van der Waals surface area (Å²) in [6.07, 6.45) is 5.98. The predicted octanol–water partition coefficient (Wildman–Crippen LogP) is 6.15. The average molecular weight is 445 g/mol. The Hall–Kier alpha value is -2.14. The minimum Gasteiger partial charge on any atom is -0.611 e. The Kier molecular flexibility index (Phi) is 5.10. The minimum absolute atomic E-state index is 0.505. The van der Waals surface area contributed by atoms with Gasteiger partial charge in [-0.25, -0.2) is 0 Å². The van der Waals surface area contributed by atoms with Gasteiger partial charge in [0.1, 0.15) is 11.5 Å². The van der Waals surface area contributed by atoms with Gasteiger partial charge in [-0.05, 0) is 82.4 Å². The lowest BCUT2D eigenvalue weighted by atomic mass is 9.89. The predicted molar refractivity (Wildman–Crippen MR) is 128 cm³/mol. The number of hydrogen-bond donors (Lipinski definition) is 0. The molecular weight excluding hydrogens is 420 g/mol. The fourth-order valence-electron chi connectivity index (χ4n) is 4.90. The maximum absolute atomic E-state index is 12.3. The summed E-state index contributed by atoms with van der Waals surface area (Å²) in [6.45, 7) is 0. The Balaban J connectivity index is 1.26. The van der Waals surface area contributed by atoms with Gasteiger partial charge in [0.25, 0.3) is 0 Å². The summed E-state index contributed by atoms with van der Waals surface area (Å²) in [6, 6.07) is 21.8. The van der Waals surface area contributed by atoms with Crippen molar-refractivity contribution in [1.29, 1.82) is 0 Å². The van der Waals surface area contributed by atoms with Crippen molar-refractivity contribution < 1.29 is 9.29 Å². The van der Waals surface area contributed by atoms with Gasteiger partial charge in [0.15, 0.2) is 4.90 Å². The van der Waals surface area contributed by atoms with Crippen molar-refractivity contribution in [3.8, 4) is 5.75 Å². The van der Waals surface area contributed by atoms with Crippen LogP contribution in [0.4, 0.5) is 0 Å². The standard InChI is InChI=1S/C27H24O2S2/c28-31-11-3-5-21-12-19(8-10-27(21)31)24-15-22-13-18(7-9-26(22)30-17-24)23-14-20-4-1-2-6-25(20)29-16-23/h1-2,4,6-10,12-13,16,24H,3,5,11,14-15,17H2. The van der Waals surface area contributed by atoms with Crippen molar-refractivity contribution in [1.82, 2.24) is 0 Å². The van der Waals surface area contributed by atoms with Gasteiger partial charge in [-0.2, -0.15) is 0 Å². The molecule has 3 heterocycles. The highest BCUT2D eigenvalue weighted by molar-refractivity contribution is 7.99. The molecule has 0 bridgehead atoms. The normalized spacial score (nSPS) is 21.9. The SMILES string of the molecule is [O-][S+]1CCCc2cc(C3CSc4ccc(C5=COc6ccccc6C5)cc4C3)ccc21. The van der Waals surface area contributed by atoms with Crippen LogP contribution in [0.2, 0.25) is 0 Å². The van der Waals surface area contributed by atoms with E-state index in [0.717, 1.165) is 47.8 Å². The molecule has 0 aliphatic carbocycles. The van der Waals surface area contributed by atoms with Crippen molar-refractivity contribution in [3.05, 3.63) is 94.7 Å².